The molecule has 0 saturated carbocycles. The summed E-state index contributed by atoms with van der Waals surface area (Å²) in [4.78, 5) is 0. The lowest BCUT2D eigenvalue weighted by molar-refractivity contribution is 0.560. The number of aromatic nitrogens is 2. The van der Waals surface area contributed by atoms with Gasteiger partial charge in [0.15, 0.2) is 0 Å². The fraction of sp³-hybridized carbons (Fsp3) is 0.357. The SMILES string of the molecule is CNC(Cc1c(Br)c(C)nn1C)c1cc(Cl)ccc1Cl. The first-order chi connectivity index (χ1) is 9.43. The minimum atomic E-state index is 0.0762. The molecule has 0 saturated heterocycles. The number of nitrogens with one attached hydrogen (secondary N) is 1. The molecular formula is C14H16BrCl2N3. The molecule has 108 valence electrons. The van der Waals surface area contributed by atoms with Crippen LogP contribution in [0.3, 0.4) is 0 Å². The molecule has 2 rings (SSSR count). The molecule has 1 aromatic carbocycles. The van der Waals surface area contributed by atoms with Crippen LogP contribution < -0.4 is 5.32 Å². The van der Waals surface area contributed by atoms with E-state index in [0.29, 0.717) is 10.0 Å². The van der Waals surface area contributed by atoms with Crippen LogP contribution in [-0.2, 0) is 13.5 Å². The van der Waals surface area contributed by atoms with E-state index in [1.807, 2.05) is 37.8 Å². The zero-order valence-electron chi connectivity index (χ0n) is 11.5. The van der Waals surface area contributed by atoms with E-state index in [1.165, 1.54) is 0 Å². The van der Waals surface area contributed by atoms with Gasteiger partial charge in [-0.15, -0.1) is 0 Å². The predicted octanol–water partition coefficient (Wildman–Crippen LogP) is 4.30. The number of hydrogen-bond acceptors (Lipinski definition) is 2. The first-order valence-corrected chi connectivity index (χ1v) is 7.79. The Morgan fingerprint density at radius 3 is 2.65 bits per heavy atom. The van der Waals surface area contributed by atoms with Crippen LogP contribution in [0.15, 0.2) is 22.7 Å². The average molecular weight is 377 g/mol. The first-order valence-electron chi connectivity index (χ1n) is 6.24. The maximum absolute atomic E-state index is 6.29. The molecule has 0 spiro atoms. The van der Waals surface area contributed by atoms with Crippen LogP contribution in [-0.4, -0.2) is 16.8 Å². The molecule has 1 atom stereocenters. The van der Waals surface area contributed by atoms with Gasteiger partial charge < -0.3 is 5.32 Å². The second-order valence-electron chi connectivity index (χ2n) is 4.68. The van der Waals surface area contributed by atoms with Crippen LogP contribution in [0.25, 0.3) is 0 Å². The predicted molar refractivity (Wildman–Crippen MR) is 87.6 cm³/mol. The summed E-state index contributed by atoms with van der Waals surface area (Å²) in [5.41, 5.74) is 3.10. The molecule has 6 heteroatoms. The fourth-order valence-corrected chi connectivity index (χ4v) is 3.17. The maximum atomic E-state index is 6.29. The Morgan fingerprint density at radius 1 is 1.40 bits per heavy atom. The van der Waals surface area contributed by atoms with Gasteiger partial charge in [-0.25, -0.2) is 0 Å². The van der Waals surface area contributed by atoms with Crippen molar-refractivity contribution in [1.29, 1.82) is 0 Å². The van der Waals surface area contributed by atoms with Crippen molar-refractivity contribution in [2.24, 2.45) is 7.05 Å². The van der Waals surface area contributed by atoms with Gasteiger partial charge in [-0.2, -0.15) is 5.10 Å². The van der Waals surface area contributed by atoms with E-state index < -0.39 is 0 Å². The van der Waals surface area contributed by atoms with Gasteiger partial charge in [-0.1, -0.05) is 23.2 Å². The Morgan fingerprint density at radius 2 is 2.10 bits per heavy atom. The van der Waals surface area contributed by atoms with E-state index in [1.54, 1.807) is 6.07 Å². The van der Waals surface area contributed by atoms with Gasteiger partial charge in [0.05, 0.1) is 15.9 Å². The van der Waals surface area contributed by atoms with Crippen LogP contribution in [0.1, 0.15) is 23.0 Å². The van der Waals surface area contributed by atoms with Crippen LogP contribution in [0.2, 0.25) is 10.0 Å². The highest BCUT2D eigenvalue weighted by Gasteiger charge is 2.19. The molecule has 0 fully saturated rings. The van der Waals surface area contributed by atoms with Crippen molar-refractivity contribution in [3.63, 3.8) is 0 Å². The van der Waals surface area contributed by atoms with Crippen molar-refractivity contribution < 1.29 is 0 Å². The lowest BCUT2D eigenvalue weighted by Gasteiger charge is -2.19. The third kappa shape index (κ3) is 3.19. The zero-order valence-corrected chi connectivity index (χ0v) is 14.6. The topological polar surface area (TPSA) is 29.9 Å². The zero-order chi connectivity index (χ0) is 14.9. The third-order valence-electron chi connectivity index (χ3n) is 3.34. The first kappa shape index (κ1) is 15.8. The maximum Gasteiger partial charge on any atom is 0.0738 e. The van der Waals surface area contributed by atoms with Gasteiger partial charge in [0.25, 0.3) is 0 Å². The number of benzene rings is 1. The van der Waals surface area contributed by atoms with Crippen LogP contribution >= 0.6 is 39.1 Å². The Bertz CT molecular complexity index is 625. The Balaban J connectivity index is 2.36. The van der Waals surface area contributed by atoms with E-state index in [9.17, 15) is 0 Å². The summed E-state index contributed by atoms with van der Waals surface area (Å²) in [7, 11) is 3.86. The third-order valence-corrected chi connectivity index (χ3v) is 4.95. The van der Waals surface area contributed by atoms with Crippen molar-refractivity contribution >= 4 is 39.1 Å². The highest BCUT2D eigenvalue weighted by molar-refractivity contribution is 9.10. The average Bonchev–Trinajstić information content (AvgIpc) is 2.65. The minimum absolute atomic E-state index is 0.0762. The molecule has 0 radical (unpaired) electrons. The van der Waals surface area contributed by atoms with Crippen LogP contribution in [0.5, 0.6) is 0 Å². The molecule has 0 amide bonds. The summed E-state index contributed by atoms with van der Waals surface area (Å²) < 4.78 is 2.93. The second kappa shape index (κ2) is 6.48. The summed E-state index contributed by atoms with van der Waals surface area (Å²) in [6.45, 7) is 1.98. The van der Waals surface area contributed by atoms with Crippen LogP contribution in [0.4, 0.5) is 0 Å². The highest BCUT2D eigenvalue weighted by atomic mass is 79.9. The van der Waals surface area contributed by atoms with Gasteiger partial charge in [-0.05, 0) is 53.7 Å². The molecule has 20 heavy (non-hydrogen) atoms. The van der Waals surface area contributed by atoms with E-state index >= 15 is 0 Å². The summed E-state index contributed by atoms with van der Waals surface area (Å²) in [5, 5.41) is 9.11. The Kier molecular flexibility index (Phi) is 5.13. The van der Waals surface area contributed by atoms with E-state index in [4.69, 9.17) is 23.2 Å². The molecule has 0 aliphatic carbocycles. The second-order valence-corrected chi connectivity index (χ2v) is 6.32. The lowest BCUT2D eigenvalue weighted by atomic mass is 10.0. The molecule has 3 nitrogen and oxygen atoms in total. The normalized spacial score (nSPS) is 12.7. The number of hydrogen-bond donors (Lipinski definition) is 1. The van der Waals surface area contributed by atoms with Gasteiger partial charge in [0.2, 0.25) is 0 Å². The van der Waals surface area contributed by atoms with Crippen molar-refractivity contribution in [1.82, 2.24) is 15.1 Å². The molecule has 0 bridgehead atoms. The molecule has 1 N–H and O–H groups in total. The van der Waals surface area contributed by atoms with Crippen molar-refractivity contribution in [3.8, 4) is 0 Å². The molecule has 1 unspecified atom stereocenters. The smallest absolute Gasteiger partial charge is 0.0738 e. The molecule has 0 aliphatic heterocycles. The van der Waals surface area contributed by atoms with E-state index in [2.05, 4.69) is 26.3 Å². The number of rotatable bonds is 4. The Labute approximate surface area is 137 Å². The van der Waals surface area contributed by atoms with Crippen molar-refractivity contribution in [3.05, 3.63) is 49.7 Å². The van der Waals surface area contributed by atoms with E-state index in [-0.39, 0.29) is 6.04 Å². The number of nitrogens with zero attached hydrogens (tertiary/aromatic N) is 2. The highest BCUT2D eigenvalue weighted by Crippen LogP contribution is 2.31. The molecular weight excluding hydrogens is 361 g/mol. The largest absolute Gasteiger partial charge is 0.313 e. The van der Waals surface area contributed by atoms with Gasteiger partial charge in [-0.3, -0.25) is 4.68 Å². The Hall–Kier alpha value is -0.550. The molecule has 0 aliphatic rings. The number of likely N-dealkylation sites (N-methyl/N-ethyl adjacent to an activating group) is 1. The summed E-state index contributed by atoms with van der Waals surface area (Å²) in [6, 6.07) is 5.60. The number of aryl methyl sites for hydroxylation is 2. The van der Waals surface area contributed by atoms with Crippen LogP contribution in [0, 0.1) is 6.92 Å². The van der Waals surface area contributed by atoms with E-state index in [0.717, 1.165) is 27.8 Å². The van der Waals surface area contributed by atoms with Crippen molar-refractivity contribution in [2.45, 2.75) is 19.4 Å². The fourth-order valence-electron chi connectivity index (χ4n) is 2.24. The quantitative estimate of drug-likeness (QED) is 0.861. The molecule has 1 aromatic heterocycles. The van der Waals surface area contributed by atoms with Gasteiger partial charge in [0.1, 0.15) is 0 Å². The summed E-state index contributed by atoms with van der Waals surface area (Å²) >= 11 is 16.0. The summed E-state index contributed by atoms with van der Waals surface area (Å²) in [6.07, 6.45) is 0.772. The number of halogens is 3. The monoisotopic (exact) mass is 375 g/mol. The van der Waals surface area contributed by atoms with Gasteiger partial charge >= 0.3 is 0 Å². The van der Waals surface area contributed by atoms with Gasteiger partial charge in [0, 0.05) is 29.6 Å². The van der Waals surface area contributed by atoms with Crippen molar-refractivity contribution in [2.75, 3.05) is 7.05 Å². The molecule has 2 aromatic rings. The summed E-state index contributed by atoms with van der Waals surface area (Å²) in [5.74, 6) is 0. The lowest BCUT2D eigenvalue weighted by Crippen LogP contribution is -2.20. The molecule has 1 heterocycles. The standard InChI is InChI=1S/C14H16BrCl2N3/c1-8-14(15)13(20(3)19-8)7-12(18-2)10-6-9(16)4-5-11(10)17/h4-6,12,18H,7H2,1-3H3. The minimum Gasteiger partial charge on any atom is -0.313 e.